The summed E-state index contributed by atoms with van der Waals surface area (Å²) in [5.41, 5.74) is -0.192. The molecule has 0 aliphatic heterocycles. The molecule has 0 bridgehead atoms. The standard InChI is InChI=1S/C34H50F2O3/c1-19(2)7-6-8-20(3)25-12-13-26-23-10-9-21-17-22(37)18-28(34(21,5)27(23)15-16-33(25,26)4)30-24(32(38)39)11-14-29(35)31(30)36/h11,14,19-23,25-28,37H,6-10,12-13,15-18H2,1-5H3,(H,38,39)/t20-,21-,22+,23-,25-,26+,27+,28?,33-,34+/m1/s1. The highest BCUT2D eigenvalue weighted by Crippen LogP contribution is 2.70. The predicted octanol–water partition coefficient (Wildman–Crippen LogP) is 8.84. The zero-order valence-electron chi connectivity index (χ0n) is 24.7. The van der Waals surface area contributed by atoms with Crippen LogP contribution in [0.4, 0.5) is 8.78 Å². The highest BCUT2D eigenvalue weighted by Gasteiger charge is 2.63. The molecule has 1 unspecified atom stereocenters. The van der Waals surface area contributed by atoms with Crippen molar-refractivity contribution in [1.29, 1.82) is 0 Å². The van der Waals surface area contributed by atoms with Crippen molar-refractivity contribution in [2.75, 3.05) is 0 Å². The van der Waals surface area contributed by atoms with Gasteiger partial charge in [0.1, 0.15) is 0 Å². The lowest BCUT2D eigenvalue weighted by molar-refractivity contribution is -0.140. The molecule has 4 aliphatic carbocycles. The minimum absolute atomic E-state index is 0.00851. The number of aromatic carboxylic acids is 1. The van der Waals surface area contributed by atoms with Crippen LogP contribution >= 0.6 is 0 Å². The number of hydrogen-bond donors (Lipinski definition) is 2. The smallest absolute Gasteiger partial charge is 0.336 e. The normalized spacial score (nSPS) is 40.6. The van der Waals surface area contributed by atoms with Gasteiger partial charge in [0, 0.05) is 5.56 Å². The summed E-state index contributed by atoms with van der Waals surface area (Å²) < 4.78 is 30.1. The van der Waals surface area contributed by atoms with Crippen molar-refractivity contribution in [2.45, 2.75) is 117 Å². The molecule has 0 heterocycles. The first-order chi connectivity index (χ1) is 18.4. The minimum atomic E-state index is -1.22. The fourth-order valence-corrected chi connectivity index (χ4v) is 10.9. The second-order valence-corrected chi connectivity index (χ2v) is 14.9. The second kappa shape index (κ2) is 10.7. The Labute approximate surface area is 234 Å². The summed E-state index contributed by atoms with van der Waals surface area (Å²) in [6.07, 6.45) is 11.1. The summed E-state index contributed by atoms with van der Waals surface area (Å²) in [7, 11) is 0. The van der Waals surface area contributed by atoms with E-state index in [9.17, 15) is 19.4 Å². The maximum absolute atomic E-state index is 15.5. The Kier molecular flexibility index (Phi) is 7.98. The van der Waals surface area contributed by atoms with Gasteiger partial charge in [0.2, 0.25) is 0 Å². The van der Waals surface area contributed by atoms with Gasteiger partial charge in [-0.25, -0.2) is 13.6 Å². The van der Waals surface area contributed by atoms with Crippen molar-refractivity contribution >= 4 is 5.97 Å². The monoisotopic (exact) mass is 544 g/mol. The number of hydrogen-bond acceptors (Lipinski definition) is 2. The highest BCUT2D eigenvalue weighted by atomic mass is 19.2. The summed E-state index contributed by atoms with van der Waals surface area (Å²) >= 11 is 0. The van der Waals surface area contributed by atoms with Gasteiger partial charge in [-0.3, -0.25) is 0 Å². The van der Waals surface area contributed by atoms with E-state index in [0.717, 1.165) is 49.5 Å². The van der Waals surface area contributed by atoms with Gasteiger partial charge in [-0.2, -0.15) is 0 Å². The van der Waals surface area contributed by atoms with Crippen LogP contribution in [0.5, 0.6) is 0 Å². The average molecular weight is 545 g/mol. The van der Waals surface area contributed by atoms with Crippen LogP contribution in [0.25, 0.3) is 0 Å². The van der Waals surface area contributed by atoms with Gasteiger partial charge in [-0.05, 0) is 122 Å². The molecular formula is C34H50F2O3. The molecule has 4 saturated carbocycles. The molecule has 5 heteroatoms. The SMILES string of the molecule is CC(C)CCC[C@@H](C)[C@H]1CC[C@H]2[C@H]3CC[C@@H]4C[C@H](O)CC(c5c(C(=O)O)ccc(F)c5F)[C@]4(C)[C@H]3CC[C@]12C. The fourth-order valence-electron chi connectivity index (χ4n) is 10.9. The van der Waals surface area contributed by atoms with Gasteiger partial charge in [-0.15, -0.1) is 0 Å². The fraction of sp³-hybridized carbons (Fsp3) is 0.794. The summed E-state index contributed by atoms with van der Waals surface area (Å²) in [6, 6.07) is 2.15. The lowest BCUT2D eigenvalue weighted by Gasteiger charge is -2.63. The summed E-state index contributed by atoms with van der Waals surface area (Å²) in [5.74, 6) is 0.146. The number of fused-ring (bicyclic) bond motifs is 5. The first-order valence-electron chi connectivity index (χ1n) is 15.8. The van der Waals surface area contributed by atoms with Crippen LogP contribution in [-0.4, -0.2) is 22.3 Å². The zero-order valence-corrected chi connectivity index (χ0v) is 24.7. The molecule has 4 aliphatic rings. The predicted molar refractivity (Wildman–Crippen MR) is 151 cm³/mol. The largest absolute Gasteiger partial charge is 0.478 e. The number of aliphatic hydroxyl groups excluding tert-OH is 1. The molecule has 1 aromatic rings. The van der Waals surface area contributed by atoms with Crippen molar-refractivity contribution in [3.8, 4) is 0 Å². The van der Waals surface area contributed by atoms with Gasteiger partial charge in [0.25, 0.3) is 0 Å². The molecule has 1 aromatic carbocycles. The molecule has 3 nitrogen and oxygen atoms in total. The maximum Gasteiger partial charge on any atom is 0.336 e. The third kappa shape index (κ3) is 4.77. The molecule has 2 N–H and O–H groups in total. The van der Waals surface area contributed by atoms with Crippen molar-refractivity contribution < 1.29 is 23.8 Å². The third-order valence-corrected chi connectivity index (χ3v) is 12.7. The Balaban J connectivity index is 1.47. The van der Waals surface area contributed by atoms with Crippen molar-refractivity contribution in [1.82, 2.24) is 0 Å². The number of aliphatic hydroxyl groups is 1. The van der Waals surface area contributed by atoms with Crippen LogP contribution in [-0.2, 0) is 0 Å². The molecule has 5 rings (SSSR count). The third-order valence-electron chi connectivity index (χ3n) is 12.7. The van der Waals surface area contributed by atoms with E-state index in [4.69, 9.17) is 0 Å². The van der Waals surface area contributed by atoms with Crippen LogP contribution in [0.3, 0.4) is 0 Å². The number of carboxylic acids is 1. The van der Waals surface area contributed by atoms with Gasteiger partial charge in [-0.1, -0.05) is 53.9 Å². The molecule has 0 aromatic heterocycles. The first kappa shape index (κ1) is 29.0. The molecule has 39 heavy (non-hydrogen) atoms. The first-order valence-corrected chi connectivity index (χ1v) is 15.8. The topological polar surface area (TPSA) is 57.5 Å². The number of carbonyl (C=O) groups is 1. The quantitative estimate of drug-likeness (QED) is 0.360. The zero-order chi connectivity index (χ0) is 28.3. The van der Waals surface area contributed by atoms with E-state index in [0.29, 0.717) is 36.0 Å². The molecule has 218 valence electrons. The van der Waals surface area contributed by atoms with Crippen LogP contribution in [0.2, 0.25) is 0 Å². The van der Waals surface area contributed by atoms with Crippen molar-refractivity contribution in [3.05, 3.63) is 34.9 Å². The van der Waals surface area contributed by atoms with E-state index >= 15 is 4.39 Å². The average Bonchev–Trinajstić information content (AvgIpc) is 3.22. The summed E-state index contributed by atoms with van der Waals surface area (Å²) in [6.45, 7) is 11.9. The second-order valence-electron chi connectivity index (χ2n) is 14.9. The van der Waals surface area contributed by atoms with E-state index in [1.165, 1.54) is 38.2 Å². The van der Waals surface area contributed by atoms with Gasteiger partial charge in [0.05, 0.1) is 11.7 Å². The van der Waals surface area contributed by atoms with Gasteiger partial charge >= 0.3 is 5.97 Å². The van der Waals surface area contributed by atoms with Gasteiger partial charge < -0.3 is 10.2 Å². The van der Waals surface area contributed by atoms with Crippen molar-refractivity contribution in [2.24, 2.45) is 52.3 Å². The van der Waals surface area contributed by atoms with Crippen LogP contribution in [0.15, 0.2) is 12.1 Å². The molecule has 0 amide bonds. The van der Waals surface area contributed by atoms with E-state index in [-0.39, 0.29) is 22.5 Å². The maximum atomic E-state index is 15.5. The number of rotatable bonds is 7. The molecule has 0 spiro atoms. The van der Waals surface area contributed by atoms with Crippen LogP contribution < -0.4 is 0 Å². The molecule has 0 saturated heterocycles. The van der Waals surface area contributed by atoms with Crippen molar-refractivity contribution in [3.63, 3.8) is 0 Å². The molecular weight excluding hydrogens is 494 g/mol. The highest BCUT2D eigenvalue weighted by molar-refractivity contribution is 5.89. The minimum Gasteiger partial charge on any atom is -0.478 e. The van der Waals surface area contributed by atoms with E-state index in [1.54, 1.807) is 0 Å². The summed E-state index contributed by atoms with van der Waals surface area (Å²) in [4.78, 5) is 12.2. The Morgan fingerprint density at radius 3 is 2.44 bits per heavy atom. The van der Waals surface area contributed by atoms with E-state index in [1.807, 2.05) is 0 Å². The Hall–Kier alpha value is -1.49. The molecule has 10 atom stereocenters. The lowest BCUT2D eigenvalue weighted by Crippen LogP contribution is -2.57. The van der Waals surface area contributed by atoms with Gasteiger partial charge in [0.15, 0.2) is 11.6 Å². The molecule has 4 fully saturated rings. The van der Waals surface area contributed by atoms with E-state index < -0.39 is 29.6 Å². The lowest BCUT2D eigenvalue weighted by atomic mass is 9.41. The summed E-state index contributed by atoms with van der Waals surface area (Å²) in [5, 5.41) is 20.9. The Morgan fingerprint density at radius 1 is 1.00 bits per heavy atom. The van der Waals surface area contributed by atoms with E-state index in [2.05, 4.69) is 34.6 Å². The Morgan fingerprint density at radius 2 is 1.74 bits per heavy atom. The Bertz CT molecular complexity index is 1070. The van der Waals surface area contributed by atoms with Crippen LogP contribution in [0.1, 0.15) is 127 Å². The van der Waals surface area contributed by atoms with Crippen LogP contribution in [0, 0.1) is 63.9 Å². The molecule has 0 radical (unpaired) electrons. The number of benzene rings is 1. The number of carboxylic acid groups (broad SMARTS) is 1. The number of halogens is 2.